The minimum Gasteiger partial charge on any atom is -0.468 e. The summed E-state index contributed by atoms with van der Waals surface area (Å²) in [6.45, 7) is 0. The van der Waals surface area contributed by atoms with Crippen LogP contribution in [0.4, 0.5) is 0 Å². The molecule has 8 nitrogen and oxygen atoms in total. The van der Waals surface area contributed by atoms with E-state index < -0.39 is 23.6 Å². The average Bonchev–Trinajstić information content (AvgIpc) is 3.48. The average molecular weight is 446 g/mol. The number of ether oxygens (including phenoxy) is 1. The highest BCUT2D eigenvalue weighted by Crippen LogP contribution is 2.31. The molecule has 0 bridgehead atoms. The Balaban J connectivity index is 1.82. The number of hydrogen-bond donors (Lipinski definition) is 1. The topological polar surface area (TPSA) is 117 Å². The van der Waals surface area contributed by atoms with Crippen LogP contribution in [-0.4, -0.2) is 39.5 Å². The van der Waals surface area contributed by atoms with Gasteiger partial charge in [-0.2, -0.15) is 5.10 Å². The Morgan fingerprint density at radius 2 is 1.62 bits per heavy atom. The maximum absolute atomic E-state index is 12.2. The molecule has 0 radical (unpaired) electrons. The van der Waals surface area contributed by atoms with Crippen LogP contribution in [0.2, 0.25) is 0 Å². The molecule has 2 N–H and O–H groups in total. The number of nitrogens with zero attached hydrogens (tertiary/aromatic N) is 3. The van der Waals surface area contributed by atoms with E-state index in [1.54, 1.807) is 4.68 Å². The molecule has 0 spiro atoms. The zero-order valence-electron chi connectivity index (χ0n) is 17.0. The van der Waals surface area contributed by atoms with Gasteiger partial charge in [-0.25, -0.2) is 9.67 Å². The fourth-order valence-corrected chi connectivity index (χ4v) is 4.03. The second-order valence-corrected chi connectivity index (χ2v) is 7.63. The number of carbonyl (C=O) groups excluding carboxylic acids is 3. The standard InChI is InChI=1S/C23H18N4O4S/c1-31-22(30)19(20(28)21(24)29)17-13-32-23(25-17)27-18(15-10-6-3-7-11-15)12-16(26-27)14-8-4-2-5-9-14/h2-13,19H,1H3,(H2,24,29)/t19-/m0/s1. The lowest BCUT2D eigenvalue weighted by Crippen LogP contribution is -2.34. The summed E-state index contributed by atoms with van der Waals surface area (Å²) in [4.78, 5) is 40.3. The van der Waals surface area contributed by atoms with E-state index in [4.69, 9.17) is 10.8 Å². The fraction of sp³-hybridized carbons (Fsp3) is 0.0870. The number of thiazole rings is 1. The molecular weight excluding hydrogens is 428 g/mol. The molecule has 0 aliphatic heterocycles. The van der Waals surface area contributed by atoms with Crippen LogP contribution in [0.5, 0.6) is 0 Å². The Labute approximate surface area is 187 Å². The number of nitrogens with two attached hydrogens (primary N) is 1. The van der Waals surface area contributed by atoms with Gasteiger partial charge in [0.2, 0.25) is 10.9 Å². The highest BCUT2D eigenvalue weighted by Gasteiger charge is 2.35. The van der Waals surface area contributed by atoms with Gasteiger partial charge in [0, 0.05) is 16.5 Å². The molecule has 2 heterocycles. The Morgan fingerprint density at radius 1 is 1.00 bits per heavy atom. The largest absolute Gasteiger partial charge is 0.468 e. The molecule has 32 heavy (non-hydrogen) atoms. The first-order chi connectivity index (χ1) is 15.5. The van der Waals surface area contributed by atoms with Crippen molar-refractivity contribution in [2.45, 2.75) is 5.92 Å². The quantitative estimate of drug-likeness (QED) is 0.265. The van der Waals surface area contributed by atoms with Crippen LogP contribution in [0.25, 0.3) is 27.6 Å². The third-order valence-electron chi connectivity index (χ3n) is 4.78. The van der Waals surface area contributed by atoms with E-state index in [2.05, 4.69) is 9.72 Å². The third-order valence-corrected chi connectivity index (χ3v) is 5.61. The van der Waals surface area contributed by atoms with E-state index >= 15 is 0 Å². The molecule has 2 aromatic heterocycles. The molecule has 0 aliphatic rings. The third kappa shape index (κ3) is 4.06. The first-order valence-corrected chi connectivity index (χ1v) is 10.5. The van der Waals surface area contributed by atoms with Crippen molar-refractivity contribution in [1.29, 1.82) is 0 Å². The first kappa shape index (κ1) is 21.1. The number of methoxy groups -OCH3 is 1. The van der Waals surface area contributed by atoms with Crippen LogP contribution >= 0.6 is 11.3 Å². The van der Waals surface area contributed by atoms with Crippen molar-refractivity contribution in [2.75, 3.05) is 7.11 Å². The zero-order chi connectivity index (χ0) is 22.7. The molecule has 0 aliphatic carbocycles. The second-order valence-electron chi connectivity index (χ2n) is 6.80. The van der Waals surface area contributed by atoms with E-state index in [-0.39, 0.29) is 5.69 Å². The molecule has 1 amide bonds. The molecule has 0 saturated carbocycles. The van der Waals surface area contributed by atoms with E-state index in [1.807, 2.05) is 66.7 Å². The highest BCUT2D eigenvalue weighted by atomic mass is 32.1. The summed E-state index contributed by atoms with van der Waals surface area (Å²) in [5.41, 5.74) is 8.55. The van der Waals surface area contributed by atoms with Crippen molar-refractivity contribution in [3.63, 3.8) is 0 Å². The van der Waals surface area contributed by atoms with E-state index in [0.717, 1.165) is 29.6 Å². The van der Waals surface area contributed by atoms with Crippen molar-refractivity contribution in [1.82, 2.24) is 14.8 Å². The lowest BCUT2D eigenvalue weighted by atomic mass is 10.0. The number of Topliss-reactive ketones (excluding diaryl/α,β-unsaturated/α-hetero) is 1. The molecule has 4 rings (SSSR count). The molecule has 0 fully saturated rings. The zero-order valence-corrected chi connectivity index (χ0v) is 17.8. The number of amides is 1. The molecule has 160 valence electrons. The Bertz CT molecular complexity index is 1280. The van der Waals surface area contributed by atoms with Crippen LogP contribution < -0.4 is 5.73 Å². The van der Waals surface area contributed by atoms with Gasteiger partial charge in [0.1, 0.15) is 0 Å². The number of carbonyl (C=O) groups is 3. The van der Waals surface area contributed by atoms with Crippen molar-refractivity contribution in [2.24, 2.45) is 5.73 Å². The predicted molar refractivity (Wildman–Crippen MR) is 119 cm³/mol. The van der Waals surface area contributed by atoms with E-state index in [1.165, 1.54) is 16.7 Å². The molecule has 2 aromatic carbocycles. The summed E-state index contributed by atoms with van der Waals surface area (Å²) >= 11 is 1.18. The van der Waals surface area contributed by atoms with Gasteiger partial charge in [0.25, 0.3) is 5.91 Å². The number of esters is 1. The summed E-state index contributed by atoms with van der Waals surface area (Å²) in [6, 6.07) is 21.3. The molecule has 0 saturated heterocycles. The van der Waals surface area contributed by atoms with E-state index in [9.17, 15) is 14.4 Å². The van der Waals surface area contributed by atoms with Gasteiger partial charge in [0.15, 0.2) is 5.92 Å². The minimum atomic E-state index is -1.52. The lowest BCUT2D eigenvalue weighted by molar-refractivity contribution is -0.149. The number of primary amides is 1. The molecule has 1 atom stereocenters. The number of hydrogen-bond acceptors (Lipinski definition) is 7. The summed E-state index contributed by atoms with van der Waals surface area (Å²) in [7, 11) is 1.13. The predicted octanol–water partition coefficient (Wildman–Crippen LogP) is 2.97. The van der Waals surface area contributed by atoms with Crippen molar-refractivity contribution >= 4 is 29.0 Å². The fourth-order valence-electron chi connectivity index (χ4n) is 3.22. The Morgan fingerprint density at radius 3 is 2.22 bits per heavy atom. The number of rotatable bonds is 7. The monoisotopic (exact) mass is 446 g/mol. The van der Waals surface area contributed by atoms with Crippen LogP contribution in [0.3, 0.4) is 0 Å². The van der Waals surface area contributed by atoms with Gasteiger partial charge < -0.3 is 10.5 Å². The smallest absolute Gasteiger partial charge is 0.323 e. The van der Waals surface area contributed by atoms with Gasteiger partial charge in [-0.05, 0) is 6.07 Å². The molecule has 4 aromatic rings. The van der Waals surface area contributed by atoms with Gasteiger partial charge in [-0.1, -0.05) is 60.7 Å². The summed E-state index contributed by atoms with van der Waals surface area (Å²) in [5, 5.41) is 6.66. The maximum Gasteiger partial charge on any atom is 0.323 e. The number of aromatic nitrogens is 3. The molecule has 0 unspecified atom stereocenters. The second kappa shape index (κ2) is 8.94. The lowest BCUT2D eigenvalue weighted by Gasteiger charge is -2.09. The van der Waals surface area contributed by atoms with Crippen LogP contribution in [-0.2, 0) is 19.1 Å². The maximum atomic E-state index is 12.2. The molecular formula is C23H18N4O4S. The first-order valence-electron chi connectivity index (χ1n) is 9.57. The van der Waals surface area contributed by atoms with Crippen LogP contribution in [0.15, 0.2) is 72.1 Å². The van der Waals surface area contributed by atoms with Crippen molar-refractivity contribution in [3.05, 3.63) is 77.8 Å². The minimum absolute atomic E-state index is 0.0800. The SMILES string of the molecule is COC(=O)[C@H](C(=O)C(N)=O)c1csc(-n2nc(-c3ccccc3)cc2-c2ccccc2)n1. The van der Waals surface area contributed by atoms with Crippen LogP contribution in [0, 0.1) is 0 Å². The summed E-state index contributed by atoms with van der Waals surface area (Å²) in [6.07, 6.45) is 0. The van der Waals surface area contributed by atoms with Gasteiger partial charge in [-0.3, -0.25) is 14.4 Å². The number of ketones is 1. The summed E-state index contributed by atoms with van der Waals surface area (Å²) in [5.74, 6) is -4.74. The van der Waals surface area contributed by atoms with Crippen molar-refractivity contribution in [3.8, 4) is 27.6 Å². The Kier molecular flexibility index (Phi) is 5.91. The normalized spacial score (nSPS) is 11.7. The van der Waals surface area contributed by atoms with Crippen LogP contribution in [0.1, 0.15) is 11.6 Å². The summed E-state index contributed by atoms with van der Waals surface area (Å²) < 4.78 is 6.33. The van der Waals surface area contributed by atoms with Crippen molar-refractivity contribution < 1.29 is 19.1 Å². The Hall–Kier alpha value is -4.11. The molecule has 9 heteroatoms. The van der Waals surface area contributed by atoms with Gasteiger partial charge in [0.05, 0.1) is 24.2 Å². The highest BCUT2D eigenvalue weighted by molar-refractivity contribution is 7.12. The van der Waals surface area contributed by atoms with Gasteiger partial charge >= 0.3 is 5.97 Å². The van der Waals surface area contributed by atoms with E-state index in [0.29, 0.717) is 5.13 Å². The van der Waals surface area contributed by atoms with Gasteiger partial charge in [-0.15, -0.1) is 11.3 Å². The number of benzene rings is 2.